The number of methoxy groups -OCH3 is 2. The van der Waals surface area contributed by atoms with Crippen LogP contribution in [-0.2, 0) is 22.9 Å². The number of hydrogen-bond acceptors (Lipinski definition) is 4. The van der Waals surface area contributed by atoms with Crippen molar-refractivity contribution in [2.24, 2.45) is 0 Å². The third-order valence-corrected chi connectivity index (χ3v) is 6.18. The van der Waals surface area contributed by atoms with Crippen molar-refractivity contribution in [3.8, 4) is 11.5 Å². The molecule has 6 heteroatoms. The van der Waals surface area contributed by atoms with E-state index < -0.39 is 10.0 Å². The Kier molecular flexibility index (Phi) is 5.01. The zero-order valence-corrected chi connectivity index (χ0v) is 15.5. The molecule has 0 amide bonds. The van der Waals surface area contributed by atoms with Crippen LogP contribution in [0.3, 0.4) is 0 Å². The molecule has 134 valence electrons. The Morgan fingerprint density at radius 2 is 1.76 bits per heavy atom. The quantitative estimate of drug-likeness (QED) is 0.858. The van der Waals surface area contributed by atoms with Gasteiger partial charge in [0.2, 0.25) is 10.0 Å². The summed E-state index contributed by atoms with van der Waals surface area (Å²) >= 11 is 0. The van der Waals surface area contributed by atoms with Gasteiger partial charge in [-0.1, -0.05) is 18.2 Å². The maximum Gasteiger partial charge on any atom is 0.244 e. The molecule has 1 aliphatic rings. The van der Waals surface area contributed by atoms with Gasteiger partial charge in [-0.25, -0.2) is 13.1 Å². The van der Waals surface area contributed by atoms with Crippen molar-refractivity contribution in [1.82, 2.24) is 4.72 Å². The molecule has 0 saturated heterocycles. The van der Waals surface area contributed by atoms with Crippen molar-refractivity contribution in [2.45, 2.75) is 37.1 Å². The van der Waals surface area contributed by atoms with Gasteiger partial charge in [-0.05, 0) is 55.0 Å². The van der Waals surface area contributed by atoms with Gasteiger partial charge in [-0.15, -0.1) is 0 Å². The minimum Gasteiger partial charge on any atom is -0.497 e. The molecule has 1 unspecified atom stereocenters. The SMILES string of the molecule is COc1ccc(OC)c(S(=O)(=O)NC(C)c2ccc3c(c2)CCC3)c1. The fourth-order valence-corrected chi connectivity index (χ4v) is 4.64. The molecule has 5 nitrogen and oxygen atoms in total. The molecule has 0 heterocycles. The molecule has 0 fully saturated rings. The number of sulfonamides is 1. The molecular formula is C19H23NO4S. The molecule has 3 rings (SSSR count). The molecule has 0 radical (unpaired) electrons. The van der Waals surface area contributed by atoms with E-state index in [9.17, 15) is 8.42 Å². The van der Waals surface area contributed by atoms with Gasteiger partial charge in [0.05, 0.1) is 14.2 Å². The molecule has 1 aliphatic carbocycles. The maximum absolute atomic E-state index is 12.9. The van der Waals surface area contributed by atoms with Crippen LogP contribution in [0.2, 0.25) is 0 Å². The van der Waals surface area contributed by atoms with Crippen molar-refractivity contribution in [3.63, 3.8) is 0 Å². The van der Waals surface area contributed by atoms with Crippen molar-refractivity contribution < 1.29 is 17.9 Å². The summed E-state index contributed by atoms with van der Waals surface area (Å²) in [4.78, 5) is 0.0716. The second-order valence-electron chi connectivity index (χ2n) is 6.24. The third-order valence-electron chi connectivity index (χ3n) is 4.61. The Morgan fingerprint density at radius 3 is 2.48 bits per heavy atom. The fourth-order valence-electron chi connectivity index (χ4n) is 3.22. The lowest BCUT2D eigenvalue weighted by atomic mass is 10.0. The van der Waals surface area contributed by atoms with E-state index >= 15 is 0 Å². The van der Waals surface area contributed by atoms with Crippen LogP contribution in [0, 0.1) is 0 Å². The largest absolute Gasteiger partial charge is 0.497 e. The van der Waals surface area contributed by atoms with Crippen LogP contribution in [0.25, 0.3) is 0 Å². The molecule has 2 aromatic carbocycles. The second kappa shape index (κ2) is 7.06. The summed E-state index contributed by atoms with van der Waals surface area (Å²) in [5.74, 6) is 0.751. The lowest BCUT2D eigenvalue weighted by Crippen LogP contribution is -2.27. The predicted octanol–water partition coefficient (Wildman–Crippen LogP) is 3.23. The number of hydrogen-bond donors (Lipinski definition) is 1. The van der Waals surface area contributed by atoms with Crippen LogP contribution >= 0.6 is 0 Å². The van der Waals surface area contributed by atoms with E-state index in [1.807, 2.05) is 13.0 Å². The smallest absolute Gasteiger partial charge is 0.244 e. The highest BCUT2D eigenvalue weighted by atomic mass is 32.2. The van der Waals surface area contributed by atoms with Gasteiger partial charge in [-0.2, -0.15) is 0 Å². The van der Waals surface area contributed by atoms with Crippen molar-refractivity contribution in [1.29, 1.82) is 0 Å². The van der Waals surface area contributed by atoms with E-state index in [1.54, 1.807) is 12.1 Å². The van der Waals surface area contributed by atoms with Gasteiger partial charge in [0, 0.05) is 12.1 Å². The number of ether oxygens (including phenoxy) is 2. The summed E-state index contributed by atoms with van der Waals surface area (Å²) in [6.07, 6.45) is 3.34. The normalized spacial score (nSPS) is 14.8. The molecule has 0 aliphatic heterocycles. The molecular weight excluding hydrogens is 338 g/mol. The maximum atomic E-state index is 12.9. The zero-order valence-electron chi connectivity index (χ0n) is 14.7. The minimum absolute atomic E-state index is 0.0716. The highest BCUT2D eigenvalue weighted by molar-refractivity contribution is 7.89. The van der Waals surface area contributed by atoms with Crippen LogP contribution in [-0.4, -0.2) is 22.6 Å². The number of rotatable bonds is 6. The van der Waals surface area contributed by atoms with Crippen molar-refractivity contribution in [2.75, 3.05) is 14.2 Å². The minimum atomic E-state index is -3.75. The van der Waals surface area contributed by atoms with Gasteiger partial charge in [0.15, 0.2) is 0 Å². The van der Waals surface area contributed by atoms with Crippen LogP contribution in [0.1, 0.15) is 36.1 Å². The first-order valence-corrected chi connectivity index (χ1v) is 9.79. The van der Waals surface area contributed by atoms with E-state index in [-0.39, 0.29) is 16.7 Å². The van der Waals surface area contributed by atoms with E-state index in [1.165, 1.54) is 37.8 Å². The molecule has 0 bridgehead atoms. The Morgan fingerprint density at radius 1 is 1.00 bits per heavy atom. The van der Waals surface area contributed by atoms with Crippen LogP contribution in [0.5, 0.6) is 11.5 Å². The monoisotopic (exact) mass is 361 g/mol. The van der Waals surface area contributed by atoms with Gasteiger partial charge in [0.25, 0.3) is 0 Å². The summed E-state index contributed by atoms with van der Waals surface area (Å²) in [5, 5.41) is 0. The first-order valence-electron chi connectivity index (χ1n) is 8.30. The van der Waals surface area contributed by atoms with Gasteiger partial charge >= 0.3 is 0 Å². The average molecular weight is 361 g/mol. The lowest BCUT2D eigenvalue weighted by Gasteiger charge is -2.17. The van der Waals surface area contributed by atoms with Gasteiger partial charge in [0.1, 0.15) is 16.4 Å². The Labute approximate surface area is 149 Å². The summed E-state index contributed by atoms with van der Waals surface area (Å²) in [7, 11) is -0.804. The van der Waals surface area contributed by atoms with Crippen molar-refractivity contribution >= 4 is 10.0 Å². The Balaban J connectivity index is 1.88. The van der Waals surface area contributed by atoms with Crippen LogP contribution < -0.4 is 14.2 Å². The first-order chi connectivity index (χ1) is 11.9. The molecule has 0 saturated carbocycles. The summed E-state index contributed by atoms with van der Waals surface area (Å²) < 4.78 is 38.8. The molecule has 0 spiro atoms. The number of aryl methyl sites for hydroxylation is 2. The van der Waals surface area contributed by atoms with E-state index in [4.69, 9.17) is 9.47 Å². The van der Waals surface area contributed by atoms with E-state index in [0.717, 1.165) is 18.4 Å². The van der Waals surface area contributed by atoms with Crippen LogP contribution in [0.15, 0.2) is 41.3 Å². The van der Waals surface area contributed by atoms with E-state index in [2.05, 4.69) is 16.9 Å². The van der Waals surface area contributed by atoms with Crippen LogP contribution in [0.4, 0.5) is 0 Å². The topological polar surface area (TPSA) is 64.6 Å². The van der Waals surface area contributed by atoms with Gasteiger partial charge < -0.3 is 9.47 Å². The predicted molar refractivity (Wildman–Crippen MR) is 96.7 cm³/mol. The Hall–Kier alpha value is -2.05. The van der Waals surface area contributed by atoms with Gasteiger partial charge in [-0.3, -0.25) is 0 Å². The molecule has 1 N–H and O–H groups in total. The fraction of sp³-hybridized carbons (Fsp3) is 0.368. The first kappa shape index (κ1) is 17.8. The average Bonchev–Trinajstić information content (AvgIpc) is 3.08. The number of fused-ring (bicyclic) bond motifs is 1. The lowest BCUT2D eigenvalue weighted by molar-refractivity contribution is 0.391. The molecule has 2 aromatic rings. The Bertz CT molecular complexity index is 877. The van der Waals surface area contributed by atoms with E-state index in [0.29, 0.717) is 5.75 Å². The molecule has 0 aromatic heterocycles. The molecule has 1 atom stereocenters. The number of nitrogens with one attached hydrogen (secondary N) is 1. The van der Waals surface area contributed by atoms with Crippen molar-refractivity contribution in [3.05, 3.63) is 53.1 Å². The summed E-state index contributed by atoms with van der Waals surface area (Å²) in [5.41, 5.74) is 3.65. The zero-order chi connectivity index (χ0) is 18.0. The summed E-state index contributed by atoms with van der Waals surface area (Å²) in [6, 6.07) is 10.6. The second-order valence-corrected chi connectivity index (χ2v) is 7.92. The number of benzene rings is 2. The standard InChI is InChI=1S/C19H23NO4S/c1-13(15-8-7-14-5-4-6-16(14)11-15)20-25(21,22)19-12-17(23-2)9-10-18(19)24-3/h7-13,20H,4-6H2,1-3H3. The molecule has 25 heavy (non-hydrogen) atoms. The third kappa shape index (κ3) is 3.65. The highest BCUT2D eigenvalue weighted by Gasteiger charge is 2.24. The summed E-state index contributed by atoms with van der Waals surface area (Å²) in [6.45, 7) is 1.85. The highest BCUT2D eigenvalue weighted by Crippen LogP contribution is 2.30.